The lowest BCUT2D eigenvalue weighted by Crippen LogP contribution is -2.28. The second kappa shape index (κ2) is 4.68. The number of terminal acetylenes is 1. The Morgan fingerprint density at radius 1 is 1.47 bits per heavy atom. The fourth-order valence-corrected chi connectivity index (χ4v) is 2.48. The molecule has 0 aromatic heterocycles. The Hall–Kier alpha value is -1.00. The number of nitrogens with one attached hydrogen (secondary N) is 1. The van der Waals surface area contributed by atoms with Crippen molar-refractivity contribution in [2.45, 2.75) is 38.6 Å². The summed E-state index contributed by atoms with van der Waals surface area (Å²) in [5.74, 6) is 3.45. The van der Waals surface area contributed by atoms with Gasteiger partial charge in [0.1, 0.15) is 0 Å². The third kappa shape index (κ3) is 2.33. The zero-order valence-electron chi connectivity index (χ0n) is 9.42. The number of hydrogen-bond acceptors (Lipinski definition) is 1. The Labute approximate surface area is 92.6 Å². The van der Waals surface area contributed by atoms with Gasteiger partial charge < -0.3 is 0 Å². The van der Waals surface area contributed by atoms with Gasteiger partial charge in [0.15, 0.2) is 0 Å². The Morgan fingerprint density at radius 3 is 3.07 bits per heavy atom. The summed E-state index contributed by atoms with van der Waals surface area (Å²) in [6, 6.07) is 0.512. The lowest BCUT2D eigenvalue weighted by Gasteiger charge is -2.12. The molecule has 1 N–H and O–H groups in total. The molecular weight excluding hydrogens is 182 g/mol. The lowest BCUT2D eigenvalue weighted by molar-refractivity contribution is 0.590. The van der Waals surface area contributed by atoms with Gasteiger partial charge in [-0.25, -0.2) is 0 Å². The molecule has 1 saturated carbocycles. The van der Waals surface area contributed by atoms with Gasteiger partial charge in [-0.3, -0.25) is 5.32 Å². The van der Waals surface area contributed by atoms with Gasteiger partial charge in [0.25, 0.3) is 0 Å². The first-order chi connectivity index (χ1) is 7.31. The zero-order valence-corrected chi connectivity index (χ0v) is 9.42. The molecule has 15 heavy (non-hydrogen) atoms. The van der Waals surface area contributed by atoms with E-state index in [0.717, 1.165) is 5.92 Å². The van der Waals surface area contributed by atoms with Crippen LogP contribution in [0.4, 0.5) is 0 Å². The maximum atomic E-state index is 5.28. The molecular formula is C14H19N. The highest BCUT2D eigenvalue weighted by Gasteiger charge is 2.25. The fraction of sp³-hybridized carbons (Fsp3) is 0.571. The van der Waals surface area contributed by atoms with Crippen LogP contribution in [-0.2, 0) is 0 Å². The van der Waals surface area contributed by atoms with E-state index in [1.807, 2.05) is 0 Å². The standard InChI is InChI=1S/C14H19N/c1-3-10-15-14-9-7-12-6-4-11(2)5-8-13(12)14/h1,6,8,11,14-15H,4-5,7,9-10H2,2H3. The molecule has 0 radical (unpaired) electrons. The van der Waals surface area contributed by atoms with Gasteiger partial charge in [-0.1, -0.05) is 25.0 Å². The summed E-state index contributed by atoms with van der Waals surface area (Å²) < 4.78 is 0. The van der Waals surface area contributed by atoms with Crippen LogP contribution >= 0.6 is 0 Å². The Bertz CT molecular complexity index is 330. The van der Waals surface area contributed by atoms with E-state index < -0.39 is 0 Å². The van der Waals surface area contributed by atoms with Crippen molar-refractivity contribution in [3.63, 3.8) is 0 Å². The van der Waals surface area contributed by atoms with Gasteiger partial charge in [0, 0.05) is 6.04 Å². The molecule has 1 heteroatoms. The highest BCUT2D eigenvalue weighted by atomic mass is 14.9. The molecule has 0 saturated heterocycles. The Kier molecular flexibility index (Phi) is 3.28. The van der Waals surface area contributed by atoms with E-state index in [4.69, 9.17) is 6.42 Å². The molecule has 2 aliphatic rings. The highest BCUT2D eigenvalue weighted by Crippen LogP contribution is 2.34. The number of allylic oxidation sites excluding steroid dienone is 2. The van der Waals surface area contributed by atoms with Gasteiger partial charge in [0.2, 0.25) is 0 Å². The molecule has 1 fully saturated rings. The van der Waals surface area contributed by atoms with E-state index >= 15 is 0 Å². The highest BCUT2D eigenvalue weighted by molar-refractivity contribution is 5.41. The fourth-order valence-electron chi connectivity index (χ4n) is 2.48. The van der Waals surface area contributed by atoms with Gasteiger partial charge in [0.05, 0.1) is 6.54 Å². The predicted octanol–water partition coefficient (Wildman–Crippen LogP) is 2.65. The van der Waals surface area contributed by atoms with Crippen molar-refractivity contribution in [1.29, 1.82) is 0 Å². The Balaban J connectivity index is 2.09. The van der Waals surface area contributed by atoms with E-state index in [9.17, 15) is 0 Å². The van der Waals surface area contributed by atoms with Crippen LogP contribution in [-0.4, -0.2) is 12.6 Å². The molecule has 0 bridgehead atoms. The van der Waals surface area contributed by atoms with Crippen molar-refractivity contribution in [2.75, 3.05) is 6.54 Å². The molecule has 2 rings (SSSR count). The van der Waals surface area contributed by atoms with Crippen molar-refractivity contribution in [3.8, 4) is 12.3 Å². The van der Waals surface area contributed by atoms with Crippen molar-refractivity contribution in [1.82, 2.24) is 5.32 Å². The summed E-state index contributed by atoms with van der Waals surface area (Å²) in [5, 5.41) is 3.43. The lowest BCUT2D eigenvalue weighted by atomic mass is 10.0. The normalized spacial score (nSPS) is 29.9. The van der Waals surface area contributed by atoms with Crippen molar-refractivity contribution < 1.29 is 0 Å². The average Bonchev–Trinajstić information content (AvgIpc) is 2.53. The van der Waals surface area contributed by atoms with Gasteiger partial charge in [-0.15, -0.1) is 6.42 Å². The topological polar surface area (TPSA) is 12.0 Å². The summed E-state index contributed by atoms with van der Waals surface area (Å²) in [6.07, 6.45) is 15.0. The van der Waals surface area contributed by atoms with Crippen LogP contribution in [0.5, 0.6) is 0 Å². The molecule has 0 heterocycles. The first-order valence-electron chi connectivity index (χ1n) is 5.87. The van der Waals surface area contributed by atoms with Crippen LogP contribution in [0.15, 0.2) is 23.3 Å². The summed E-state index contributed by atoms with van der Waals surface area (Å²) in [7, 11) is 0. The van der Waals surface area contributed by atoms with E-state index in [1.54, 1.807) is 5.57 Å². The van der Waals surface area contributed by atoms with E-state index in [2.05, 4.69) is 30.3 Å². The largest absolute Gasteiger partial charge is 0.299 e. The minimum atomic E-state index is 0.512. The SMILES string of the molecule is C#CCNC1CCC2=CCC(C)CC=C21. The Morgan fingerprint density at radius 2 is 2.27 bits per heavy atom. The van der Waals surface area contributed by atoms with Crippen LogP contribution < -0.4 is 5.32 Å². The molecule has 0 aliphatic heterocycles. The quantitative estimate of drug-likeness (QED) is 0.677. The second-order valence-corrected chi connectivity index (χ2v) is 4.64. The van der Waals surface area contributed by atoms with Crippen molar-refractivity contribution in [3.05, 3.63) is 23.3 Å². The molecule has 0 amide bonds. The molecule has 2 aliphatic carbocycles. The number of rotatable bonds is 2. The molecule has 80 valence electrons. The first-order valence-corrected chi connectivity index (χ1v) is 5.87. The maximum Gasteiger partial charge on any atom is 0.0578 e. The van der Waals surface area contributed by atoms with Crippen molar-refractivity contribution >= 4 is 0 Å². The maximum absolute atomic E-state index is 5.28. The predicted molar refractivity (Wildman–Crippen MR) is 64.4 cm³/mol. The summed E-state index contributed by atoms with van der Waals surface area (Å²) in [4.78, 5) is 0. The van der Waals surface area contributed by atoms with E-state index in [0.29, 0.717) is 12.6 Å². The van der Waals surface area contributed by atoms with E-state index in [1.165, 1.54) is 31.3 Å². The molecule has 0 spiro atoms. The molecule has 2 atom stereocenters. The third-order valence-electron chi connectivity index (χ3n) is 3.41. The second-order valence-electron chi connectivity index (χ2n) is 4.64. The zero-order chi connectivity index (χ0) is 10.7. The van der Waals surface area contributed by atoms with E-state index in [-0.39, 0.29) is 0 Å². The molecule has 0 aromatic rings. The van der Waals surface area contributed by atoms with Crippen molar-refractivity contribution in [2.24, 2.45) is 5.92 Å². The molecule has 1 nitrogen and oxygen atoms in total. The first kappa shape index (κ1) is 10.5. The third-order valence-corrected chi connectivity index (χ3v) is 3.41. The van der Waals surface area contributed by atoms with Gasteiger partial charge in [-0.2, -0.15) is 0 Å². The average molecular weight is 201 g/mol. The number of hydrogen-bond donors (Lipinski definition) is 1. The number of fused-ring (bicyclic) bond motifs is 1. The summed E-state index contributed by atoms with van der Waals surface area (Å²) in [6.45, 7) is 3.00. The van der Waals surface area contributed by atoms with Crippen LogP contribution in [0.1, 0.15) is 32.6 Å². The monoisotopic (exact) mass is 201 g/mol. The summed E-state index contributed by atoms with van der Waals surface area (Å²) in [5.41, 5.74) is 3.09. The van der Waals surface area contributed by atoms with Crippen LogP contribution in [0, 0.1) is 18.3 Å². The smallest absolute Gasteiger partial charge is 0.0578 e. The molecule has 2 unspecified atom stereocenters. The minimum Gasteiger partial charge on any atom is -0.299 e. The van der Waals surface area contributed by atoms with Crippen LogP contribution in [0.2, 0.25) is 0 Å². The minimum absolute atomic E-state index is 0.512. The van der Waals surface area contributed by atoms with Crippen LogP contribution in [0.3, 0.4) is 0 Å². The van der Waals surface area contributed by atoms with Crippen LogP contribution in [0.25, 0.3) is 0 Å². The molecule has 0 aromatic carbocycles. The summed E-state index contributed by atoms with van der Waals surface area (Å²) >= 11 is 0. The van der Waals surface area contributed by atoms with Gasteiger partial charge in [-0.05, 0) is 42.7 Å². The van der Waals surface area contributed by atoms with Gasteiger partial charge >= 0.3 is 0 Å².